The van der Waals surface area contributed by atoms with Gasteiger partial charge in [0.2, 0.25) is 0 Å². The zero-order valence-corrected chi connectivity index (χ0v) is 8.92. The van der Waals surface area contributed by atoms with E-state index in [0.717, 1.165) is 6.07 Å². The molecular weight excluding hydrogens is 256 g/mol. The Bertz CT molecular complexity index is 496. The Hall–Kier alpha value is -1.79. The van der Waals surface area contributed by atoms with Crippen LogP contribution in [0.25, 0.3) is 0 Å². The fraction of sp³-hybridized carbons (Fsp3) is 0.364. The lowest BCUT2D eigenvalue weighted by molar-refractivity contribution is -0.149. The Morgan fingerprint density at radius 2 is 2.06 bits per heavy atom. The summed E-state index contributed by atoms with van der Waals surface area (Å²) in [6.07, 6.45) is -6.06. The number of rotatable bonds is 1. The first-order valence-corrected chi connectivity index (χ1v) is 5.08. The molecule has 1 atom stereocenters. The lowest BCUT2D eigenvalue weighted by Gasteiger charge is -2.26. The van der Waals surface area contributed by atoms with E-state index in [1.165, 1.54) is 0 Å². The summed E-state index contributed by atoms with van der Waals surface area (Å²) in [5, 5.41) is 8.73. The van der Waals surface area contributed by atoms with Crippen molar-refractivity contribution in [3.8, 4) is 5.75 Å². The number of aryl methyl sites for hydroxylation is 1. The van der Waals surface area contributed by atoms with Crippen molar-refractivity contribution < 1.29 is 32.2 Å². The van der Waals surface area contributed by atoms with Crippen molar-refractivity contribution in [2.24, 2.45) is 0 Å². The molecule has 1 aromatic carbocycles. The zero-order chi connectivity index (χ0) is 13.5. The average molecular weight is 264 g/mol. The summed E-state index contributed by atoms with van der Waals surface area (Å²) in [6, 6.07) is 1.24. The topological polar surface area (TPSA) is 46.5 Å². The van der Waals surface area contributed by atoms with Crippen LogP contribution in [0, 0.1) is 5.82 Å². The number of carbonyl (C=O) groups is 1. The van der Waals surface area contributed by atoms with Crippen LogP contribution in [0.2, 0.25) is 0 Å². The minimum atomic E-state index is -4.79. The van der Waals surface area contributed by atoms with Gasteiger partial charge in [0.25, 0.3) is 0 Å². The molecule has 1 aromatic rings. The molecule has 0 fully saturated rings. The SMILES string of the molecule is O=C(O)C1CCc2cc(F)cc(C(F)(F)F)c2O1. The third kappa shape index (κ3) is 2.25. The third-order valence-electron chi connectivity index (χ3n) is 2.65. The molecular formula is C11H8F4O3. The minimum Gasteiger partial charge on any atom is -0.479 e. The van der Waals surface area contributed by atoms with Crippen LogP contribution < -0.4 is 4.74 Å². The zero-order valence-electron chi connectivity index (χ0n) is 8.92. The molecule has 1 N–H and O–H groups in total. The average Bonchev–Trinajstić information content (AvgIpc) is 2.25. The highest BCUT2D eigenvalue weighted by Gasteiger charge is 2.39. The number of aliphatic carboxylic acids is 1. The number of fused-ring (bicyclic) bond motifs is 1. The number of benzene rings is 1. The van der Waals surface area contributed by atoms with Gasteiger partial charge in [0, 0.05) is 0 Å². The van der Waals surface area contributed by atoms with E-state index in [2.05, 4.69) is 0 Å². The van der Waals surface area contributed by atoms with Crippen LogP contribution in [0.4, 0.5) is 17.6 Å². The maximum atomic E-state index is 13.1. The second-order valence-corrected chi connectivity index (χ2v) is 3.92. The Kier molecular flexibility index (Phi) is 2.92. The summed E-state index contributed by atoms with van der Waals surface area (Å²) < 4.78 is 56.0. The van der Waals surface area contributed by atoms with Crippen molar-refractivity contribution in [1.82, 2.24) is 0 Å². The van der Waals surface area contributed by atoms with Crippen LogP contribution in [0.5, 0.6) is 5.75 Å². The van der Waals surface area contributed by atoms with Gasteiger partial charge in [-0.15, -0.1) is 0 Å². The first-order valence-electron chi connectivity index (χ1n) is 5.08. The monoisotopic (exact) mass is 264 g/mol. The molecule has 1 unspecified atom stereocenters. The van der Waals surface area contributed by atoms with E-state index in [0.29, 0.717) is 6.07 Å². The maximum Gasteiger partial charge on any atom is 0.420 e. The van der Waals surface area contributed by atoms with E-state index in [4.69, 9.17) is 9.84 Å². The molecule has 0 bridgehead atoms. The number of ether oxygens (including phenoxy) is 1. The van der Waals surface area contributed by atoms with Crippen LogP contribution >= 0.6 is 0 Å². The molecule has 7 heteroatoms. The van der Waals surface area contributed by atoms with Gasteiger partial charge < -0.3 is 9.84 Å². The lowest BCUT2D eigenvalue weighted by atomic mass is 9.98. The van der Waals surface area contributed by atoms with Gasteiger partial charge in [0.15, 0.2) is 6.10 Å². The molecule has 2 rings (SSSR count). The van der Waals surface area contributed by atoms with Crippen molar-refractivity contribution >= 4 is 5.97 Å². The van der Waals surface area contributed by atoms with E-state index < -0.39 is 35.4 Å². The number of carboxylic acids is 1. The Balaban J connectivity index is 2.50. The standard InChI is InChI=1S/C11H8F4O3/c12-6-3-5-1-2-8(10(16)17)18-9(5)7(4-6)11(13,14)15/h3-4,8H,1-2H2,(H,16,17). The maximum absolute atomic E-state index is 13.1. The van der Waals surface area contributed by atoms with E-state index in [1.807, 2.05) is 0 Å². The second kappa shape index (κ2) is 4.15. The van der Waals surface area contributed by atoms with E-state index in [1.54, 1.807) is 0 Å². The van der Waals surface area contributed by atoms with Gasteiger partial charge in [0.05, 0.1) is 0 Å². The molecule has 18 heavy (non-hydrogen) atoms. The molecule has 0 radical (unpaired) electrons. The minimum absolute atomic E-state index is 0.0169. The van der Waals surface area contributed by atoms with Gasteiger partial charge in [-0.3, -0.25) is 0 Å². The van der Waals surface area contributed by atoms with Crippen molar-refractivity contribution in [3.05, 3.63) is 29.1 Å². The van der Waals surface area contributed by atoms with Crippen molar-refractivity contribution in [2.45, 2.75) is 25.1 Å². The molecule has 0 aromatic heterocycles. The number of alkyl halides is 3. The van der Waals surface area contributed by atoms with E-state index in [-0.39, 0.29) is 18.4 Å². The third-order valence-corrected chi connectivity index (χ3v) is 2.65. The predicted molar refractivity (Wildman–Crippen MR) is 51.8 cm³/mol. The molecule has 98 valence electrons. The molecule has 3 nitrogen and oxygen atoms in total. The largest absolute Gasteiger partial charge is 0.479 e. The molecule has 0 spiro atoms. The molecule has 0 saturated carbocycles. The number of carboxylic acid groups (broad SMARTS) is 1. The molecule has 1 heterocycles. The van der Waals surface area contributed by atoms with Crippen LogP contribution in [0.15, 0.2) is 12.1 Å². The van der Waals surface area contributed by atoms with E-state index >= 15 is 0 Å². The number of hydrogen-bond donors (Lipinski definition) is 1. The van der Waals surface area contributed by atoms with Gasteiger partial charge in [-0.25, -0.2) is 9.18 Å². The fourth-order valence-corrected chi connectivity index (χ4v) is 1.85. The Morgan fingerprint density at radius 1 is 1.39 bits per heavy atom. The summed E-state index contributed by atoms with van der Waals surface area (Å²) >= 11 is 0. The van der Waals surface area contributed by atoms with Gasteiger partial charge in [-0.1, -0.05) is 0 Å². The first kappa shape index (κ1) is 12.7. The summed E-state index contributed by atoms with van der Waals surface area (Å²) in [6.45, 7) is 0. The fourth-order valence-electron chi connectivity index (χ4n) is 1.85. The highest BCUT2D eigenvalue weighted by molar-refractivity contribution is 5.73. The molecule has 0 aliphatic carbocycles. The van der Waals surface area contributed by atoms with Gasteiger partial charge in [0.1, 0.15) is 17.1 Å². The molecule has 0 amide bonds. The number of hydrogen-bond acceptors (Lipinski definition) is 2. The highest BCUT2D eigenvalue weighted by atomic mass is 19.4. The molecule has 1 aliphatic rings. The molecule has 0 saturated heterocycles. The smallest absolute Gasteiger partial charge is 0.420 e. The number of halogens is 4. The lowest BCUT2D eigenvalue weighted by Crippen LogP contribution is -2.32. The normalized spacial score (nSPS) is 19.0. The van der Waals surface area contributed by atoms with Crippen molar-refractivity contribution in [2.75, 3.05) is 0 Å². The highest BCUT2D eigenvalue weighted by Crippen LogP contribution is 2.41. The van der Waals surface area contributed by atoms with Crippen LogP contribution in [0.3, 0.4) is 0 Å². The first-order chi connectivity index (χ1) is 8.29. The Morgan fingerprint density at radius 3 is 2.61 bits per heavy atom. The quantitative estimate of drug-likeness (QED) is 0.793. The summed E-state index contributed by atoms with van der Waals surface area (Å²) in [7, 11) is 0. The summed E-state index contributed by atoms with van der Waals surface area (Å²) in [4.78, 5) is 10.7. The van der Waals surface area contributed by atoms with Crippen LogP contribution in [0.1, 0.15) is 17.5 Å². The summed E-state index contributed by atoms with van der Waals surface area (Å²) in [5.74, 6) is -2.93. The second-order valence-electron chi connectivity index (χ2n) is 3.92. The van der Waals surface area contributed by atoms with Gasteiger partial charge in [-0.2, -0.15) is 13.2 Å². The summed E-state index contributed by atoms with van der Waals surface area (Å²) in [5.41, 5.74) is -1.23. The van der Waals surface area contributed by atoms with Crippen LogP contribution in [-0.2, 0) is 17.4 Å². The van der Waals surface area contributed by atoms with Gasteiger partial charge >= 0.3 is 12.1 Å². The Labute approximate surface area is 99.0 Å². The molecule has 1 aliphatic heterocycles. The van der Waals surface area contributed by atoms with Crippen molar-refractivity contribution in [3.63, 3.8) is 0 Å². The van der Waals surface area contributed by atoms with Gasteiger partial charge in [-0.05, 0) is 30.5 Å². The predicted octanol–water partition coefficient (Wildman–Crippen LogP) is 2.62. The van der Waals surface area contributed by atoms with Crippen molar-refractivity contribution in [1.29, 1.82) is 0 Å². The van der Waals surface area contributed by atoms with E-state index in [9.17, 15) is 22.4 Å². The van der Waals surface area contributed by atoms with Crippen LogP contribution in [-0.4, -0.2) is 17.2 Å².